The number of rotatable bonds is 7. The van der Waals surface area contributed by atoms with Crippen LogP contribution in [0, 0.1) is 0 Å². The highest BCUT2D eigenvalue weighted by molar-refractivity contribution is 6.30. The molecule has 0 saturated carbocycles. The molecule has 6 nitrogen and oxygen atoms in total. The highest BCUT2D eigenvalue weighted by Crippen LogP contribution is 2.39. The van der Waals surface area contributed by atoms with E-state index in [4.69, 9.17) is 26.2 Å². The summed E-state index contributed by atoms with van der Waals surface area (Å²) in [6.07, 6.45) is -0.805. The summed E-state index contributed by atoms with van der Waals surface area (Å²) in [6, 6.07) is 11.1. The Morgan fingerprint density at radius 3 is 2.92 bits per heavy atom. The Morgan fingerprint density at radius 1 is 1.35 bits per heavy atom. The van der Waals surface area contributed by atoms with Crippen molar-refractivity contribution < 1.29 is 24.5 Å². The lowest BCUT2D eigenvalue weighted by atomic mass is 9.95. The lowest BCUT2D eigenvalue weighted by Gasteiger charge is -2.22. The lowest BCUT2D eigenvalue weighted by molar-refractivity contribution is 0.0795. The molecule has 0 saturated heterocycles. The fourth-order valence-electron chi connectivity index (χ4n) is 3.06. The van der Waals surface area contributed by atoms with Crippen molar-refractivity contribution in [3.8, 4) is 5.75 Å². The second-order valence-corrected chi connectivity index (χ2v) is 6.40. The van der Waals surface area contributed by atoms with Crippen molar-refractivity contribution in [2.45, 2.75) is 19.1 Å². The zero-order chi connectivity index (χ0) is 18.5. The zero-order valence-electron chi connectivity index (χ0n) is 14.1. The molecule has 1 amide bonds. The van der Waals surface area contributed by atoms with Gasteiger partial charge in [0.2, 0.25) is 0 Å². The van der Waals surface area contributed by atoms with Gasteiger partial charge in [-0.25, -0.2) is 4.79 Å². The molecule has 0 aromatic heterocycles. The SMILES string of the molecule is O=C(O)NCCOC(c1cccc(Cl)c1)c1cc(CO)cc2c1OCC2. The van der Waals surface area contributed by atoms with Gasteiger partial charge in [0, 0.05) is 23.6 Å². The first-order valence-electron chi connectivity index (χ1n) is 8.31. The maximum atomic E-state index is 10.6. The van der Waals surface area contributed by atoms with Crippen molar-refractivity contribution in [3.05, 3.63) is 63.7 Å². The molecular formula is C19H20ClNO5. The lowest BCUT2D eigenvalue weighted by Crippen LogP contribution is -2.26. The second-order valence-electron chi connectivity index (χ2n) is 5.97. The molecule has 1 aliphatic rings. The van der Waals surface area contributed by atoms with Gasteiger partial charge in [0.1, 0.15) is 11.9 Å². The van der Waals surface area contributed by atoms with Crippen molar-refractivity contribution in [2.75, 3.05) is 19.8 Å². The van der Waals surface area contributed by atoms with E-state index in [1.54, 1.807) is 6.07 Å². The Morgan fingerprint density at radius 2 is 2.19 bits per heavy atom. The van der Waals surface area contributed by atoms with Crippen LogP contribution < -0.4 is 10.1 Å². The maximum absolute atomic E-state index is 10.6. The molecule has 3 rings (SSSR count). The van der Waals surface area contributed by atoms with Crippen LogP contribution in [0.25, 0.3) is 0 Å². The molecule has 1 unspecified atom stereocenters. The Hall–Kier alpha value is -2.28. The number of ether oxygens (including phenoxy) is 2. The Balaban J connectivity index is 1.95. The molecule has 26 heavy (non-hydrogen) atoms. The summed E-state index contributed by atoms with van der Waals surface area (Å²) in [4.78, 5) is 10.6. The molecule has 0 aliphatic carbocycles. The van der Waals surface area contributed by atoms with Crippen molar-refractivity contribution in [2.24, 2.45) is 0 Å². The van der Waals surface area contributed by atoms with Gasteiger partial charge in [-0.15, -0.1) is 0 Å². The third-order valence-corrected chi connectivity index (χ3v) is 4.39. The summed E-state index contributed by atoms with van der Waals surface area (Å²) in [6.45, 7) is 0.847. The molecule has 0 bridgehead atoms. The smallest absolute Gasteiger partial charge is 0.404 e. The summed E-state index contributed by atoms with van der Waals surface area (Å²) in [5.41, 5.74) is 3.46. The van der Waals surface area contributed by atoms with E-state index in [1.165, 1.54) is 0 Å². The number of aliphatic hydroxyl groups excluding tert-OH is 1. The summed E-state index contributed by atoms with van der Waals surface area (Å²) < 4.78 is 11.8. The van der Waals surface area contributed by atoms with Gasteiger partial charge in [0.05, 0.1) is 19.8 Å². The van der Waals surface area contributed by atoms with Crippen molar-refractivity contribution in [3.63, 3.8) is 0 Å². The number of halogens is 1. The van der Waals surface area contributed by atoms with E-state index < -0.39 is 12.2 Å². The number of carboxylic acid groups (broad SMARTS) is 1. The van der Waals surface area contributed by atoms with Crippen LogP contribution in [0.15, 0.2) is 36.4 Å². The van der Waals surface area contributed by atoms with Gasteiger partial charge < -0.3 is 25.0 Å². The topological polar surface area (TPSA) is 88.0 Å². The van der Waals surface area contributed by atoms with Gasteiger partial charge in [-0.1, -0.05) is 23.7 Å². The van der Waals surface area contributed by atoms with Crippen LogP contribution in [0.3, 0.4) is 0 Å². The average molecular weight is 378 g/mol. The molecular weight excluding hydrogens is 358 g/mol. The summed E-state index contributed by atoms with van der Waals surface area (Å²) >= 11 is 6.14. The monoisotopic (exact) mass is 377 g/mol. The van der Waals surface area contributed by atoms with Gasteiger partial charge >= 0.3 is 6.09 Å². The van der Waals surface area contributed by atoms with Gasteiger partial charge in [0.15, 0.2) is 0 Å². The molecule has 1 heterocycles. The van der Waals surface area contributed by atoms with Gasteiger partial charge in [0.25, 0.3) is 0 Å². The molecule has 7 heteroatoms. The third-order valence-electron chi connectivity index (χ3n) is 4.15. The number of aliphatic hydroxyl groups is 1. The van der Waals surface area contributed by atoms with E-state index in [9.17, 15) is 9.90 Å². The molecule has 1 atom stereocenters. The van der Waals surface area contributed by atoms with Crippen LogP contribution >= 0.6 is 11.6 Å². The quantitative estimate of drug-likeness (QED) is 0.645. The first-order valence-corrected chi connectivity index (χ1v) is 8.69. The molecule has 2 aromatic carbocycles. The van der Waals surface area contributed by atoms with Gasteiger partial charge in [-0.3, -0.25) is 0 Å². The Bertz CT molecular complexity index is 795. The Labute approximate surface area is 156 Å². The first-order chi connectivity index (χ1) is 12.6. The number of amides is 1. The Kier molecular flexibility index (Phi) is 5.98. The fraction of sp³-hybridized carbons (Fsp3) is 0.316. The fourth-order valence-corrected chi connectivity index (χ4v) is 3.26. The maximum Gasteiger partial charge on any atom is 0.404 e. The number of nitrogens with one attached hydrogen (secondary N) is 1. The van der Waals surface area contributed by atoms with Crippen molar-refractivity contribution >= 4 is 17.7 Å². The minimum Gasteiger partial charge on any atom is -0.493 e. The average Bonchev–Trinajstić information content (AvgIpc) is 3.09. The normalized spacial score (nSPS) is 13.8. The van der Waals surface area contributed by atoms with Crippen LogP contribution in [0.4, 0.5) is 4.79 Å². The number of hydrogen-bond acceptors (Lipinski definition) is 4. The van der Waals surface area contributed by atoms with E-state index in [1.807, 2.05) is 30.3 Å². The highest BCUT2D eigenvalue weighted by Gasteiger charge is 2.25. The number of carbonyl (C=O) groups is 1. The van der Waals surface area contributed by atoms with Crippen LogP contribution in [-0.4, -0.2) is 36.1 Å². The largest absolute Gasteiger partial charge is 0.493 e. The molecule has 3 N–H and O–H groups in total. The molecule has 1 aliphatic heterocycles. The van der Waals surface area contributed by atoms with E-state index in [2.05, 4.69) is 5.32 Å². The molecule has 0 radical (unpaired) electrons. The summed E-state index contributed by atoms with van der Waals surface area (Å²) in [5.74, 6) is 0.762. The van der Waals surface area contributed by atoms with Crippen molar-refractivity contribution in [1.29, 1.82) is 0 Å². The van der Waals surface area contributed by atoms with E-state index in [0.717, 1.165) is 34.4 Å². The summed E-state index contributed by atoms with van der Waals surface area (Å²) in [7, 11) is 0. The van der Waals surface area contributed by atoms with E-state index in [-0.39, 0.29) is 19.8 Å². The minimum absolute atomic E-state index is 0.0802. The highest BCUT2D eigenvalue weighted by atomic mass is 35.5. The van der Waals surface area contributed by atoms with Crippen LogP contribution in [0.1, 0.15) is 28.4 Å². The van der Waals surface area contributed by atoms with Crippen molar-refractivity contribution in [1.82, 2.24) is 5.32 Å². The standard InChI is InChI=1S/C19H20ClNO5/c20-15-3-1-2-13(10-15)17(26-7-5-21-19(23)24)16-9-12(11-22)8-14-4-6-25-18(14)16/h1-3,8-10,17,21-22H,4-7,11H2,(H,23,24). The zero-order valence-corrected chi connectivity index (χ0v) is 14.8. The van der Waals surface area contributed by atoms with E-state index in [0.29, 0.717) is 11.6 Å². The molecule has 0 spiro atoms. The minimum atomic E-state index is -1.10. The number of benzene rings is 2. The number of hydrogen-bond donors (Lipinski definition) is 3. The number of fused-ring (bicyclic) bond motifs is 1. The van der Waals surface area contributed by atoms with Crippen LogP contribution in [0.5, 0.6) is 5.75 Å². The van der Waals surface area contributed by atoms with E-state index >= 15 is 0 Å². The van der Waals surface area contributed by atoms with Gasteiger partial charge in [-0.2, -0.15) is 0 Å². The van der Waals surface area contributed by atoms with Crippen LogP contribution in [0.2, 0.25) is 5.02 Å². The summed E-state index contributed by atoms with van der Waals surface area (Å²) in [5, 5.41) is 21.2. The predicted molar refractivity (Wildman–Crippen MR) is 96.8 cm³/mol. The third kappa shape index (κ3) is 4.27. The molecule has 138 valence electrons. The van der Waals surface area contributed by atoms with Crippen LogP contribution in [-0.2, 0) is 17.8 Å². The molecule has 2 aromatic rings. The second kappa shape index (κ2) is 8.40. The predicted octanol–water partition coefficient (Wildman–Crippen LogP) is 3.14. The first kappa shape index (κ1) is 18.5. The van der Waals surface area contributed by atoms with Gasteiger partial charge in [-0.05, 0) is 41.0 Å². The molecule has 0 fully saturated rings.